The minimum absolute atomic E-state index is 0.0167. The number of nitrogens with zero attached hydrogens (tertiary/aromatic N) is 2. The van der Waals surface area contributed by atoms with E-state index < -0.39 is 6.04 Å². The Bertz CT molecular complexity index is 673. The zero-order valence-corrected chi connectivity index (χ0v) is 11.0. The summed E-state index contributed by atoms with van der Waals surface area (Å²) < 4.78 is 1.92. The van der Waals surface area contributed by atoms with E-state index in [0.717, 1.165) is 16.2 Å². The highest BCUT2D eigenvalue weighted by molar-refractivity contribution is 7.15. The highest BCUT2D eigenvalue weighted by Crippen LogP contribution is 2.15. The van der Waals surface area contributed by atoms with Gasteiger partial charge in [-0.25, -0.2) is 4.98 Å². The number of aromatic nitrogens is 2. The number of carbonyl (C=O) groups is 1. The van der Waals surface area contributed by atoms with Gasteiger partial charge in [-0.15, -0.1) is 11.3 Å². The molecule has 3 aromatic rings. The molecule has 1 unspecified atom stereocenters. The van der Waals surface area contributed by atoms with Crippen LogP contribution in [0.3, 0.4) is 0 Å². The number of nitrogens with two attached hydrogens (primary N) is 1. The number of fused-ring (bicyclic) bond motifs is 1. The lowest BCUT2D eigenvalue weighted by molar-refractivity contribution is -0.119. The van der Waals surface area contributed by atoms with E-state index in [1.807, 2.05) is 52.5 Å². The Morgan fingerprint density at radius 3 is 2.89 bits per heavy atom. The lowest BCUT2D eigenvalue weighted by atomic mass is 10.0. The molecule has 0 saturated carbocycles. The first-order valence-corrected chi connectivity index (χ1v) is 6.86. The molecule has 5 heteroatoms. The molecule has 0 amide bonds. The van der Waals surface area contributed by atoms with Crippen molar-refractivity contribution in [1.82, 2.24) is 9.38 Å². The highest BCUT2D eigenvalue weighted by atomic mass is 32.1. The average molecular weight is 271 g/mol. The third-order valence-corrected chi connectivity index (χ3v) is 3.77. The smallest absolute Gasteiger partial charge is 0.193 e. The van der Waals surface area contributed by atoms with Crippen LogP contribution in [0.25, 0.3) is 4.96 Å². The summed E-state index contributed by atoms with van der Waals surface area (Å²) in [6, 6.07) is 8.83. The van der Waals surface area contributed by atoms with E-state index in [4.69, 9.17) is 5.73 Å². The summed E-state index contributed by atoms with van der Waals surface area (Å²) in [7, 11) is 0. The first-order valence-electron chi connectivity index (χ1n) is 5.98. The molecule has 0 spiro atoms. The predicted octanol–water partition coefficient (Wildman–Crippen LogP) is 2.21. The zero-order valence-electron chi connectivity index (χ0n) is 10.2. The summed E-state index contributed by atoms with van der Waals surface area (Å²) in [5, 5.41) is 1.96. The van der Waals surface area contributed by atoms with Gasteiger partial charge in [0.15, 0.2) is 10.7 Å². The van der Waals surface area contributed by atoms with Gasteiger partial charge in [-0.1, -0.05) is 30.3 Å². The Morgan fingerprint density at radius 2 is 2.16 bits per heavy atom. The van der Waals surface area contributed by atoms with Crippen LogP contribution in [0.5, 0.6) is 0 Å². The van der Waals surface area contributed by atoms with E-state index in [0.29, 0.717) is 0 Å². The molecule has 0 aliphatic heterocycles. The van der Waals surface area contributed by atoms with Crippen LogP contribution in [0.15, 0.2) is 48.1 Å². The summed E-state index contributed by atoms with van der Waals surface area (Å²) in [6.45, 7) is 0. The summed E-state index contributed by atoms with van der Waals surface area (Å²) in [6.07, 6.45) is 4.07. The van der Waals surface area contributed by atoms with Gasteiger partial charge in [0.05, 0.1) is 18.2 Å². The first-order chi connectivity index (χ1) is 9.24. The van der Waals surface area contributed by atoms with E-state index in [2.05, 4.69) is 4.98 Å². The molecule has 1 aromatic carbocycles. The topological polar surface area (TPSA) is 60.4 Å². The van der Waals surface area contributed by atoms with Crippen molar-refractivity contribution in [2.75, 3.05) is 0 Å². The molecule has 0 aliphatic carbocycles. The number of carbonyl (C=O) groups excluding carboxylic acids is 1. The molecule has 2 aromatic heterocycles. The Balaban J connectivity index is 1.76. The van der Waals surface area contributed by atoms with Crippen LogP contribution in [-0.2, 0) is 11.2 Å². The molecule has 0 radical (unpaired) electrons. The van der Waals surface area contributed by atoms with Crippen LogP contribution in [0.1, 0.15) is 17.3 Å². The molecule has 0 aliphatic rings. The van der Waals surface area contributed by atoms with E-state index in [1.54, 1.807) is 11.3 Å². The van der Waals surface area contributed by atoms with E-state index in [9.17, 15) is 4.79 Å². The number of Topliss-reactive ketones (excluding diaryl/α,β-unsaturated/α-hetero) is 1. The summed E-state index contributed by atoms with van der Waals surface area (Å²) in [5.74, 6) is -0.0167. The van der Waals surface area contributed by atoms with Gasteiger partial charge in [0, 0.05) is 17.8 Å². The number of ketones is 1. The molecular weight excluding hydrogens is 258 g/mol. The molecule has 2 N–H and O–H groups in total. The normalized spacial score (nSPS) is 12.7. The lowest BCUT2D eigenvalue weighted by Crippen LogP contribution is -2.23. The van der Waals surface area contributed by atoms with Gasteiger partial charge in [0.1, 0.15) is 0 Å². The van der Waals surface area contributed by atoms with Crippen LogP contribution >= 0.6 is 11.3 Å². The second-order valence-corrected chi connectivity index (χ2v) is 5.23. The quantitative estimate of drug-likeness (QED) is 0.791. The van der Waals surface area contributed by atoms with E-state index in [-0.39, 0.29) is 12.2 Å². The monoisotopic (exact) mass is 271 g/mol. The first kappa shape index (κ1) is 12.1. The van der Waals surface area contributed by atoms with Crippen LogP contribution in [0.4, 0.5) is 0 Å². The maximum atomic E-state index is 12.1. The van der Waals surface area contributed by atoms with Crippen LogP contribution in [-0.4, -0.2) is 15.2 Å². The van der Waals surface area contributed by atoms with Crippen molar-refractivity contribution in [2.45, 2.75) is 12.5 Å². The number of benzene rings is 1. The number of hydrogen-bond acceptors (Lipinski definition) is 4. The lowest BCUT2D eigenvalue weighted by Gasteiger charge is -2.09. The highest BCUT2D eigenvalue weighted by Gasteiger charge is 2.17. The van der Waals surface area contributed by atoms with E-state index in [1.165, 1.54) is 0 Å². The molecule has 4 nitrogen and oxygen atoms in total. The van der Waals surface area contributed by atoms with Gasteiger partial charge < -0.3 is 5.73 Å². The van der Waals surface area contributed by atoms with Gasteiger partial charge in [0.25, 0.3) is 0 Å². The Hall–Kier alpha value is -1.98. The summed E-state index contributed by atoms with van der Waals surface area (Å²) >= 11 is 1.55. The van der Waals surface area contributed by atoms with Crippen molar-refractivity contribution in [1.29, 1.82) is 0 Å². The average Bonchev–Trinajstić information content (AvgIpc) is 2.99. The third kappa shape index (κ3) is 2.43. The second kappa shape index (κ2) is 4.95. The van der Waals surface area contributed by atoms with Crippen LogP contribution < -0.4 is 5.73 Å². The van der Waals surface area contributed by atoms with Gasteiger partial charge in [0.2, 0.25) is 0 Å². The fourth-order valence-electron chi connectivity index (χ4n) is 2.00. The van der Waals surface area contributed by atoms with Gasteiger partial charge in [-0.05, 0) is 5.56 Å². The van der Waals surface area contributed by atoms with Crippen molar-refractivity contribution >= 4 is 22.1 Å². The molecule has 96 valence electrons. The van der Waals surface area contributed by atoms with Gasteiger partial charge >= 0.3 is 0 Å². The van der Waals surface area contributed by atoms with Gasteiger partial charge in [-0.2, -0.15) is 0 Å². The minimum Gasteiger partial charge on any atom is -0.318 e. The third-order valence-electron chi connectivity index (χ3n) is 3.00. The van der Waals surface area contributed by atoms with E-state index >= 15 is 0 Å². The van der Waals surface area contributed by atoms with Crippen molar-refractivity contribution in [2.24, 2.45) is 5.73 Å². The van der Waals surface area contributed by atoms with Crippen molar-refractivity contribution in [3.05, 3.63) is 59.4 Å². The molecule has 0 bridgehead atoms. The summed E-state index contributed by atoms with van der Waals surface area (Å²) in [4.78, 5) is 17.4. The fourth-order valence-corrected chi connectivity index (χ4v) is 2.71. The Labute approximate surface area is 114 Å². The molecule has 0 fully saturated rings. The molecule has 19 heavy (non-hydrogen) atoms. The maximum Gasteiger partial charge on any atom is 0.193 e. The summed E-state index contributed by atoms with van der Waals surface area (Å²) in [5.41, 5.74) is 7.58. The van der Waals surface area contributed by atoms with Crippen LogP contribution in [0.2, 0.25) is 0 Å². The Kier molecular flexibility index (Phi) is 3.15. The van der Waals surface area contributed by atoms with Crippen molar-refractivity contribution in [3.63, 3.8) is 0 Å². The minimum atomic E-state index is -0.582. The zero-order chi connectivity index (χ0) is 13.2. The second-order valence-electron chi connectivity index (χ2n) is 4.36. The molecule has 2 heterocycles. The van der Waals surface area contributed by atoms with Crippen LogP contribution in [0, 0.1) is 0 Å². The number of imidazole rings is 1. The van der Waals surface area contributed by atoms with Gasteiger partial charge in [-0.3, -0.25) is 9.20 Å². The SMILES string of the molecule is NC(C(=O)Cc1cn2ccsc2n1)c1ccccc1. The predicted molar refractivity (Wildman–Crippen MR) is 75.2 cm³/mol. The largest absolute Gasteiger partial charge is 0.318 e. The number of hydrogen-bond donors (Lipinski definition) is 1. The maximum absolute atomic E-state index is 12.1. The standard InChI is InChI=1S/C14H13N3OS/c15-13(10-4-2-1-3-5-10)12(18)8-11-9-17-6-7-19-14(17)16-11/h1-7,9,13H,8,15H2. The Morgan fingerprint density at radius 1 is 1.37 bits per heavy atom. The molecule has 1 atom stereocenters. The molecular formula is C14H13N3OS. The number of thiazole rings is 1. The fraction of sp³-hybridized carbons (Fsp3) is 0.143. The molecule has 3 rings (SSSR count). The van der Waals surface area contributed by atoms with Crippen molar-refractivity contribution in [3.8, 4) is 0 Å². The van der Waals surface area contributed by atoms with Crippen molar-refractivity contribution < 1.29 is 4.79 Å². The number of rotatable bonds is 4. The molecule has 0 saturated heterocycles.